The summed E-state index contributed by atoms with van der Waals surface area (Å²) < 4.78 is 2.41. The third-order valence-corrected chi connectivity index (χ3v) is 15.2. The molecule has 0 amide bonds. The van der Waals surface area contributed by atoms with Gasteiger partial charge in [-0.2, -0.15) is 0 Å². The van der Waals surface area contributed by atoms with Gasteiger partial charge in [0.15, 0.2) is 5.82 Å². The second-order valence-electron chi connectivity index (χ2n) is 20.6. The Morgan fingerprint density at radius 3 is 1.09 bits per heavy atom. The van der Waals surface area contributed by atoms with Crippen LogP contribution in [0.1, 0.15) is 22.3 Å². The van der Waals surface area contributed by atoms with Crippen LogP contribution in [-0.4, -0.2) is 14.5 Å². The van der Waals surface area contributed by atoms with Crippen LogP contribution in [-0.2, 0) is 0 Å². The summed E-state index contributed by atoms with van der Waals surface area (Å²) in [6.45, 7) is 8.62. The van der Waals surface area contributed by atoms with Crippen LogP contribution in [0.5, 0.6) is 0 Å². The first-order valence-electron chi connectivity index (χ1n) is 27.0. The Morgan fingerprint density at radius 1 is 0.291 bits per heavy atom. The van der Waals surface area contributed by atoms with E-state index in [9.17, 15) is 0 Å². The van der Waals surface area contributed by atoms with Gasteiger partial charge in [0.1, 0.15) is 0 Å². The first kappa shape index (κ1) is 48.5. The lowest BCUT2D eigenvalue weighted by atomic mass is 9.92. The Morgan fingerprint density at radius 2 is 0.658 bits per heavy atom. The number of aryl methyl sites for hydroxylation is 4. The van der Waals surface area contributed by atoms with Crippen molar-refractivity contribution in [2.75, 3.05) is 9.80 Å². The van der Waals surface area contributed by atoms with Crippen LogP contribution in [0.3, 0.4) is 0 Å². The predicted octanol–water partition coefficient (Wildman–Crippen LogP) is 20.1. The molecule has 79 heavy (non-hydrogen) atoms. The van der Waals surface area contributed by atoms with Crippen molar-refractivity contribution < 1.29 is 0 Å². The van der Waals surface area contributed by atoms with E-state index in [1.54, 1.807) is 0 Å². The van der Waals surface area contributed by atoms with Gasteiger partial charge in [-0.05, 0) is 164 Å². The predicted molar refractivity (Wildman–Crippen MR) is 332 cm³/mol. The fourth-order valence-electron chi connectivity index (χ4n) is 11.2. The molecule has 0 aliphatic carbocycles. The first-order chi connectivity index (χ1) is 38.8. The van der Waals surface area contributed by atoms with Gasteiger partial charge in [-0.3, -0.25) is 0 Å². The maximum absolute atomic E-state index is 5.21. The largest absolute Gasteiger partial charge is 0.310 e. The molecule has 0 atom stereocenters. The number of rotatable bonds is 12. The Kier molecular flexibility index (Phi) is 12.8. The van der Waals surface area contributed by atoms with Crippen molar-refractivity contribution >= 4 is 55.9 Å². The van der Waals surface area contributed by atoms with Gasteiger partial charge < -0.3 is 14.4 Å². The van der Waals surface area contributed by atoms with Crippen molar-refractivity contribution in [1.29, 1.82) is 0 Å². The van der Waals surface area contributed by atoms with Crippen molar-refractivity contribution in [2.24, 2.45) is 0 Å². The summed E-state index contributed by atoms with van der Waals surface area (Å²) in [7, 11) is 0. The average Bonchev–Trinajstić information content (AvgIpc) is 4.02. The average molecular weight is 1020 g/mol. The minimum Gasteiger partial charge on any atom is -0.310 e. The molecule has 0 spiro atoms. The SMILES string of the molecule is Cc1ccc(-c2cc(-c3c(C)cc(-c4ccc(-c5ccc(-n6c7ccc(N(c8ccccc8)c8ccccc8)cc7c7cc(N(c8ccccc8)c8ccccc8)ccc76)cc5)cc4)cc3C)nc(-c3ccc(C)cc3)n2)cc1. The molecule has 5 nitrogen and oxygen atoms in total. The minimum atomic E-state index is 0.724. The molecule has 378 valence electrons. The van der Waals surface area contributed by atoms with Crippen LogP contribution >= 0.6 is 0 Å². The molecule has 0 aliphatic heterocycles. The molecule has 2 aromatic heterocycles. The van der Waals surface area contributed by atoms with Crippen LogP contribution in [0.25, 0.3) is 83.6 Å². The van der Waals surface area contributed by atoms with Crippen LogP contribution in [0.15, 0.2) is 273 Å². The highest BCUT2D eigenvalue weighted by Crippen LogP contribution is 2.43. The van der Waals surface area contributed by atoms with Gasteiger partial charge in [0.2, 0.25) is 0 Å². The second kappa shape index (κ2) is 20.8. The molecule has 0 saturated carbocycles. The molecule has 2 heterocycles. The highest BCUT2D eigenvalue weighted by atomic mass is 15.1. The molecule has 5 heteroatoms. The zero-order chi connectivity index (χ0) is 53.4. The van der Waals surface area contributed by atoms with E-state index in [1.807, 2.05) is 0 Å². The molecular weight excluding hydrogens is 959 g/mol. The second-order valence-corrected chi connectivity index (χ2v) is 20.6. The number of hydrogen-bond donors (Lipinski definition) is 0. The minimum absolute atomic E-state index is 0.724. The summed E-state index contributed by atoms with van der Waals surface area (Å²) in [6, 6.07) is 98.2. The van der Waals surface area contributed by atoms with Crippen molar-refractivity contribution in [3.05, 3.63) is 295 Å². The fourth-order valence-corrected chi connectivity index (χ4v) is 11.2. The summed E-state index contributed by atoms with van der Waals surface area (Å²) >= 11 is 0. The summed E-state index contributed by atoms with van der Waals surface area (Å²) in [5.74, 6) is 0.724. The van der Waals surface area contributed by atoms with Crippen molar-refractivity contribution in [2.45, 2.75) is 27.7 Å². The monoisotopic (exact) mass is 1020 g/mol. The highest BCUT2D eigenvalue weighted by molar-refractivity contribution is 6.12. The summed E-state index contributed by atoms with van der Waals surface area (Å²) in [5, 5.41) is 2.34. The number of fused-ring (bicyclic) bond motifs is 3. The van der Waals surface area contributed by atoms with Gasteiger partial charge in [0.25, 0.3) is 0 Å². The molecule has 0 bridgehead atoms. The quantitative estimate of drug-likeness (QED) is 0.122. The lowest BCUT2D eigenvalue weighted by molar-refractivity contribution is 1.17. The van der Waals surface area contributed by atoms with Crippen molar-refractivity contribution in [1.82, 2.24) is 14.5 Å². The maximum Gasteiger partial charge on any atom is 0.160 e. The first-order valence-corrected chi connectivity index (χ1v) is 27.0. The molecule has 0 saturated heterocycles. The summed E-state index contributed by atoms with van der Waals surface area (Å²) in [5.41, 5.74) is 24.4. The molecule has 0 radical (unpaired) electrons. The smallest absolute Gasteiger partial charge is 0.160 e. The third-order valence-electron chi connectivity index (χ3n) is 15.2. The highest BCUT2D eigenvalue weighted by Gasteiger charge is 2.21. The lowest BCUT2D eigenvalue weighted by Gasteiger charge is -2.26. The number of hydrogen-bond acceptors (Lipinski definition) is 4. The van der Waals surface area contributed by atoms with Crippen LogP contribution in [0, 0.1) is 27.7 Å². The molecule has 0 unspecified atom stereocenters. The number of anilines is 6. The molecule has 0 fully saturated rings. The van der Waals surface area contributed by atoms with E-state index in [2.05, 4.69) is 315 Å². The van der Waals surface area contributed by atoms with Gasteiger partial charge in [-0.25, -0.2) is 9.97 Å². The van der Waals surface area contributed by atoms with Gasteiger partial charge >= 0.3 is 0 Å². The number of nitrogens with zero attached hydrogens (tertiary/aromatic N) is 5. The Bertz CT molecular complexity index is 3980. The van der Waals surface area contributed by atoms with Crippen molar-refractivity contribution in [3.8, 4) is 61.8 Å². The summed E-state index contributed by atoms with van der Waals surface area (Å²) in [4.78, 5) is 15.0. The van der Waals surface area contributed by atoms with Crippen LogP contribution < -0.4 is 9.80 Å². The zero-order valence-electron chi connectivity index (χ0n) is 44.7. The summed E-state index contributed by atoms with van der Waals surface area (Å²) in [6.07, 6.45) is 0. The van der Waals surface area contributed by atoms with Gasteiger partial charge in [0, 0.05) is 67.3 Å². The Balaban J connectivity index is 0.855. The van der Waals surface area contributed by atoms with Gasteiger partial charge in [-0.15, -0.1) is 0 Å². The third kappa shape index (κ3) is 9.53. The van der Waals surface area contributed by atoms with E-state index in [4.69, 9.17) is 9.97 Å². The maximum atomic E-state index is 5.21. The molecule has 0 aliphatic rings. The molecular formula is C74H57N5. The topological polar surface area (TPSA) is 37.2 Å². The van der Waals surface area contributed by atoms with Gasteiger partial charge in [-0.1, -0.05) is 181 Å². The Labute approximate surface area is 462 Å². The normalized spacial score (nSPS) is 11.3. The van der Waals surface area contributed by atoms with Crippen LogP contribution in [0.4, 0.5) is 34.1 Å². The van der Waals surface area contributed by atoms with E-state index in [0.29, 0.717) is 0 Å². The van der Waals surface area contributed by atoms with Crippen molar-refractivity contribution in [3.63, 3.8) is 0 Å². The van der Waals surface area contributed by atoms with E-state index >= 15 is 0 Å². The van der Waals surface area contributed by atoms with E-state index in [0.717, 1.165) is 95.9 Å². The number of para-hydroxylation sites is 4. The molecule has 0 N–H and O–H groups in total. The van der Waals surface area contributed by atoms with Crippen LogP contribution in [0.2, 0.25) is 0 Å². The molecule has 13 rings (SSSR count). The van der Waals surface area contributed by atoms with E-state index in [-0.39, 0.29) is 0 Å². The van der Waals surface area contributed by atoms with Gasteiger partial charge in [0.05, 0.1) is 22.4 Å². The molecule has 11 aromatic carbocycles. The fraction of sp³-hybridized carbons (Fsp3) is 0.0541. The zero-order valence-corrected chi connectivity index (χ0v) is 44.7. The lowest BCUT2D eigenvalue weighted by Crippen LogP contribution is -2.09. The number of benzene rings is 11. The number of aromatic nitrogens is 3. The Hall–Kier alpha value is -10.1. The standard InChI is InChI=1S/C74H57N5/c1-50-25-29-57(30-26-50)69-49-70(76-74(75-69)58-31-27-51(2)28-32-58)73-52(3)45-59(46-53(73)4)56-35-33-54(34-36-56)55-37-39-64(40-38-55)79-71-43-41-65(77(60-17-9-5-10-18-60)61-19-11-6-12-20-61)47-67(71)68-48-66(42-44-72(68)79)78(62-21-13-7-14-22-62)63-23-15-8-16-24-63/h5-49H,1-4H3. The molecule has 13 aromatic rings. The van der Waals surface area contributed by atoms with E-state index in [1.165, 1.54) is 44.2 Å². The van der Waals surface area contributed by atoms with E-state index < -0.39 is 0 Å².